The summed E-state index contributed by atoms with van der Waals surface area (Å²) in [5, 5.41) is 2.86. The summed E-state index contributed by atoms with van der Waals surface area (Å²) in [5.74, 6) is 2.20. The van der Waals surface area contributed by atoms with Crippen LogP contribution in [0.3, 0.4) is 0 Å². The molecule has 0 aliphatic heterocycles. The van der Waals surface area contributed by atoms with Gasteiger partial charge in [-0.15, -0.1) is 0 Å². The van der Waals surface area contributed by atoms with Crippen molar-refractivity contribution in [1.82, 2.24) is 9.97 Å². The third-order valence-corrected chi connectivity index (χ3v) is 3.85. The van der Waals surface area contributed by atoms with Crippen LogP contribution in [0.5, 0.6) is 11.5 Å². The van der Waals surface area contributed by atoms with Gasteiger partial charge in [-0.1, -0.05) is 32.0 Å². The fraction of sp³-hybridized carbons (Fsp3) is 0.190. The second kappa shape index (κ2) is 7.78. The molecule has 0 aliphatic carbocycles. The molecule has 1 amide bonds. The van der Waals surface area contributed by atoms with Crippen molar-refractivity contribution in [2.45, 2.75) is 26.7 Å². The minimum atomic E-state index is -0.227. The van der Waals surface area contributed by atoms with Gasteiger partial charge in [0.05, 0.1) is 11.3 Å². The summed E-state index contributed by atoms with van der Waals surface area (Å²) >= 11 is 0. The van der Waals surface area contributed by atoms with Crippen LogP contribution in [0.15, 0.2) is 60.8 Å². The van der Waals surface area contributed by atoms with Gasteiger partial charge in [-0.2, -0.15) is 0 Å². The predicted octanol–water partition coefficient (Wildman–Crippen LogP) is 4.95. The molecule has 3 rings (SSSR count). The largest absolute Gasteiger partial charge is 0.457 e. The molecule has 0 saturated carbocycles. The highest BCUT2D eigenvalue weighted by Gasteiger charge is 2.13. The zero-order valence-corrected chi connectivity index (χ0v) is 15.1. The van der Waals surface area contributed by atoms with Crippen LogP contribution in [-0.4, -0.2) is 15.9 Å². The van der Waals surface area contributed by atoms with Gasteiger partial charge in [0.15, 0.2) is 0 Å². The van der Waals surface area contributed by atoms with E-state index in [1.165, 1.54) is 0 Å². The summed E-state index contributed by atoms with van der Waals surface area (Å²) in [5.41, 5.74) is 1.83. The molecule has 5 heteroatoms. The number of nitrogens with one attached hydrogen (secondary N) is 1. The molecule has 0 bridgehead atoms. The quantitative estimate of drug-likeness (QED) is 0.709. The number of benzene rings is 2. The highest BCUT2D eigenvalue weighted by Crippen LogP contribution is 2.23. The summed E-state index contributed by atoms with van der Waals surface area (Å²) in [6.07, 6.45) is 1.58. The van der Waals surface area contributed by atoms with Gasteiger partial charge < -0.3 is 10.1 Å². The zero-order chi connectivity index (χ0) is 18.5. The summed E-state index contributed by atoms with van der Waals surface area (Å²) in [7, 11) is 0. The van der Waals surface area contributed by atoms with Crippen LogP contribution < -0.4 is 10.1 Å². The molecular formula is C21H21N3O2. The van der Waals surface area contributed by atoms with Crippen molar-refractivity contribution >= 4 is 11.6 Å². The van der Waals surface area contributed by atoms with E-state index in [2.05, 4.69) is 15.3 Å². The van der Waals surface area contributed by atoms with Crippen LogP contribution in [0.2, 0.25) is 0 Å². The molecule has 2 aromatic carbocycles. The number of carbonyl (C=O) groups is 1. The molecule has 0 fully saturated rings. The third kappa shape index (κ3) is 4.25. The van der Waals surface area contributed by atoms with Crippen LogP contribution in [0.1, 0.15) is 41.6 Å². The SMILES string of the molecule is Cc1nc(C(C)C)ncc1C(=O)Nc1ccc(Oc2ccccc2)cc1. The lowest BCUT2D eigenvalue weighted by molar-refractivity contribution is 0.102. The number of hydrogen-bond acceptors (Lipinski definition) is 4. The van der Waals surface area contributed by atoms with E-state index in [1.807, 2.05) is 63.2 Å². The molecular weight excluding hydrogens is 326 g/mol. The van der Waals surface area contributed by atoms with Crippen LogP contribution >= 0.6 is 0 Å². The second-order valence-electron chi connectivity index (χ2n) is 6.28. The van der Waals surface area contributed by atoms with Gasteiger partial charge in [0, 0.05) is 17.8 Å². The van der Waals surface area contributed by atoms with E-state index in [0.717, 1.165) is 11.6 Å². The lowest BCUT2D eigenvalue weighted by atomic mass is 10.1. The van der Waals surface area contributed by atoms with E-state index < -0.39 is 0 Å². The standard InChI is InChI=1S/C21H21N3O2/c1-14(2)20-22-13-19(15(3)23-20)21(25)24-16-9-11-18(12-10-16)26-17-7-5-4-6-8-17/h4-14H,1-3H3,(H,24,25). The Morgan fingerprint density at radius 2 is 1.65 bits per heavy atom. The number of carbonyl (C=O) groups excluding carboxylic acids is 1. The minimum absolute atomic E-state index is 0.225. The monoisotopic (exact) mass is 347 g/mol. The van der Waals surface area contributed by atoms with E-state index in [1.54, 1.807) is 18.3 Å². The van der Waals surface area contributed by atoms with Crippen molar-refractivity contribution in [3.63, 3.8) is 0 Å². The van der Waals surface area contributed by atoms with Crippen molar-refractivity contribution in [3.8, 4) is 11.5 Å². The fourth-order valence-corrected chi connectivity index (χ4v) is 2.42. The van der Waals surface area contributed by atoms with Crippen LogP contribution in [0.4, 0.5) is 5.69 Å². The third-order valence-electron chi connectivity index (χ3n) is 3.85. The Labute approximate surface area is 153 Å². The number of hydrogen-bond donors (Lipinski definition) is 1. The first-order chi connectivity index (χ1) is 12.5. The average Bonchev–Trinajstić information content (AvgIpc) is 2.64. The first-order valence-corrected chi connectivity index (χ1v) is 8.51. The maximum atomic E-state index is 12.5. The molecule has 0 spiro atoms. The van der Waals surface area contributed by atoms with Gasteiger partial charge in [0.25, 0.3) is 5.91 Å². The van der Waals surface area contributed by atoms with E-state index in [-0.39, 0.29) is 11.8 Å². The first-order valence-electron chi connectivity index (χ1n) is 8.51. The van der Waals surface area contributed by atoms with Gasteiger partial charge in [0.2, 0.25) is 0 Å². The van der Waals surface area contributed by atoms with Crippen LogP contribution in [0.25, 0.3) is 0 Å². The Balaban J connectivity index is 1.68. The molecule has 26 heavy (non-hydrogen) atoms. The number of para-hydroxylation sites is 1. The Bertz CT molecular complexity index is 891. The van der Waals surface area contributed by atoms with E-state index >= 15 is 0 Å². The molecule has 0 unspecified atom stereocenters. The Morgan fingerprint density at radius 3 is 2.27 bits per heavy atom. The van der Waals surface area contributed by atoms with Crippen molar-refractivity contribution < 1.29 is 9.53 Å². The normalized spacial score (nSPS) is 10.6. The predicted molar refractivity (Wildman–Crippen MR) is 102 cm³/mol. The van der Waals surface area contributed by atoms with Gasteiger partial charge >= 0.3 is 0 Å². The highest BCUT2D eigenvalue weighted by atomic mass is 16.5. The lowest BCUT2D eigenvalue weighted by Crippen LogP contribution is -2.15. The molecule has 3 aromatic rings. The topological polar surface area (TPSA) is 64.1 Å². The maximum Gasteiger partial charge on any atom is 0.259 e. The molecule has 0 saturated heterocycles. The van der Waals surface area contributed by atoms with E-state index in [4.69, 9.17) is 4.74 Å². The van der Waals surface area contributed by atoms with E-state index in [0.29, 0.717) is 22.7 Å². The average molecular weight is 347 g/mol. The number of aromatic nitrogens is 2. The number of rotatable bonds is 5. The summed E-state index contributed by atoms with van der Waals surface area (Å²) < 4.78 is 5.74. The Morgan fingerprint density at radius 1 is 1.00 bits per heavy atom. The van der Waals surface area contributed by atoms with Gasteiger partial charge in [-0.3, -0.25) is 4.79 Å². The maximum absolute atomic E-state index is 12.5. The summed E-state index contributed by atoms with van der Waals surface area (Å²) in [4.78, 5) is 21.1. The van der Waals surface area contributed by atoms with Crippen molar-refractivity contribution in [3.05, 3.63) is 77.9 Å². The van der Waals surface area contributed by atoms with Crippen molar-refractivity contribution in [2.75, 3.05) is 5.32 Å². The minimum Gasteiger partial charge on any atom is -0.457 e. The molecule has 5 nitrogen and oxygen atoms in total. The van der Waals surface area contributed by atoms with Gasteiger partial charge in [0.1, 0.15) is 17.3 Å². The molecule has 1 N–H and O–H groups in total. The smallest absolute Gasteiger partial charge is 0.259 e. The first kappa shape index (κ1) is 17.6. The molecule has 0 aliphatic rings. The highest BCUT2D eigenvalue weighted by molar-refractivity contribution is 6.04. The Kier molecular flexibility index (Phi) is 5.27. The van der Waals surface area contributed by atoms with E-state index in [9.17, 15) is 4.79 Å². The fourth-order valence-electron chi connectivity index (χ4n) is 2.42. The molecule has 1 aromatic heterocycles. The van der Waals surface area contributed by atoms with Crippen molar-refractivity contribution in [1.29, 1.82) is 0 Å². The number of amides is 1. The lowest BCUT2D eigenvalue weighted by Gasteiger charge is -2.10. The second-order valence-corrected chi connectivity index (χ2v) is 6.28. The van der Waals surface area contributed by atoms with Crippen LogP contribution in [-0.2, 0) is 0 Å². The van der Waals surface area contributed by atoms with Gasteiger partial charge in [-0.05, 0) is 43.3 Å². The molecule has 0 atom stereocenters. The molecule has 1 heterocycles. The van der Waals surface area contributed by atoms with Crippen molar-refractivity contribution in [2.24, 2.45) is 0 Å². The van der Waals surface area contributed by atoms with Crippen LogP contribution in [0, 0.1) is 6.92 Å². The number of anilines is 1. The zero-order valence-electron chi connectivity index (χ0n) is 15.1. The van der Waals surface area contributed by atoms with Gasteiger partial charge in [-0.25, -0.2) is 9.97 Å². The number of aryl methyl sites for hydroxylation is 1. The molecule has 132 valence electrons. The number of ether oxygens (including phenoxy) is 1. The summed E-state index contributed by atoms with van der Waals surface area (Å²) in [6.45, 7) is 5.86. The molecule has 0 radical (unpaired) electrons. The number of nitrogens with zero attached hydrogens (tertiary/aromatic N) is 2. The Hall–Kier alpha value is -3.21. The summed E-state index contributed by atoms with van der Waals surface area (Å²) in [6, 6.07) is 16.8.